The van der Waals surface area contributed by atoms with E-state index in [0.29, 0.717) is 0 Å². The third kappa shape index (κ3) is 3.20. The lowest BCUT2D eigenvalue weighted by atomic mass is 10.4. The lowest BCUT2D eigenvalue weighted by Crippen LogP contribution is -2.29. The maximum absolute atomic E-state index is 13.2. The fraction of sp³-hybridized carbons (Fsp3) is 0.400. The van der Waals surface area contributed by atoms with Gasteiger partial charge in [-0.15, -0.1) is 0 Å². The third-order valence-corrected chi connectivity index (χ3v) is 2.88. The van der Waals surface area contributed by atoms with Crippen molar-refractivity contribution in [3.8, 4) is 0 Å². The number of pyridine rings is 1. The average molecular weight is 228 g/mol. The summed E-state index contributed by atoms with van der Waals surface area (Å²) in [7, 11) is 3.35. The first-order chi connectivity index (χ1) is 7.02. The van der Waals surface area contributed by atoms with E-state index in [4.69, 9.17) is 0 Å². The first-order valence-electron chi connectivity index (χ1n) is 4.50. The van der Waals surface area contributed by atoms with Crippen molar-refractivity contribution in [1.82, 2.24) is 9.88 Å². The Labute approximate surface area is 92.7 Å². The molecule has 15 heavy (non-hydrogen) atoms. The minimum absolute atomic E-state index is 0.0509. The Balaban J connectivity index is 2.71. The van der Waals surface area contributed by atoms with Gasteiger partial charge < -0.3 is 4.90 Å². The molecular weight excluding hydrogens is 215 g/mol. The van der Waals surface area contributed by atoms with Gasteiger partial charge in [-0.25, -0.2) is 9.37 Å². The molecule has 0 aromatic carbocycles. The number of nitrogens with zero attached hydrogens (tertiary/aromatic N) is 2. The summed E-state index contributed by atoms with van der Waals surface area (Å²) in [6.45, 7) is 1.74. The minimum atomic E-state index is -0.388. The molecule has 1 aromatic rings. The van der Waals surface area contributed by atoms with Crippen LogP contribution in [0.1, 0.15) is 6.92 Å². The Morgan fingerprint density at radius 3 is 2.80 bits per heavy atom. The Bertz CT molecular complexity index is 357. The highest BCUT2D eigenvalue weighted by Crippen LogP contribution is 2.24. The molecule has 1 aromatic heterocycles. The van der Waals surface area contributed by atoms with Gasteiger partial charge in [-0.2, -0.15) is 0 Å². The van der Waals surface area contributed by atoms with Crippen LogP contribution in [0.4, 0.5) is 4.39 Å². The van der Waals surface area contributed by atoms with Crippen LogP contribution in [0.25, 0.3) is 0 Å². The van der Waals surface area contributed by atoms with Crippen molar-refractivity contribution in [2.45, 2.75) is 17.2 Å². The molecule has 5 heteroatoms. The van der Waals surface area contributed by atoms with Crippen LogP contribution in [0.5, 0.6) is 0 Å². The van der Waals surface area contributed by atoms with Crippen LogP contribution in [0.3, 0.4) is 0 Å². The van der Waals surface area contributed by atoms with E-state index in [1.54, 1.807) is 21.0 Å². The molecule has 0 aliphatic carbocycles. The Hall–Kier alpha value is -1.10. The van der Waals surface area contributed by atoms with Gasteiger partial charge in [0.2, 0.25) is 5.91 Å². The van der Waals surface area contributed by atoms with Crippen molar-refractivity contribution in [3.63, 3.8) is 0 Å². The second-order valence-electron chi connectivity index (χ2n) is 3.28. The number of halogens is 1. The van der Waals surface area contributed by atoms with Crippen LogP contribution in [0.2, 0.25) is 0 Å². The number of carbonyl (C=O) groups is 1. The second-order valence-corrected chi connectivity index (χ2v) is 4.61. The molecule has 0 N–H and O–H groups in total. The molecule has 0 bridgehead atoms. The number of rotatable bonds is 3. The molecule has 1 rings (SSSR count). The monoisotopic (exact) mass is 228 g/mol. The molecule has 0 radical (unpaired) electrons. The lowest BCUT2D eigenvalue weighted by Gasteiger charge is -2.15. The highest BCUT2D eigenvalue weighted by molar-refractivity contribution is 8.00. The molecule has 0 fully saturated rings. The van der Waals surface area contributed by atoms with E-state index in [0.717, 1.165) is 11.8 Å². The van der Waals surface area contributed by atoms with Crippen LogP contribution in [-0.2, 0) is 4.79 Å². The lowest BCUT2D eigenvalue weighted by molar-refractivity contribution is -0.127. The normalized spacial score (nSPS) is 12.3. The molecule has 0 spiro atoms. The van der Waals surface area contributed by atoms with Gasteiger partial charge in [0.25, 0.3) is 0 Å². The smallest absolute Gasteiger partial charge is 0.235 e. The quantitative estimate of drug-likeness (QED) is 0.739. The summed E-state index contributed by atoms with van der Waals surface area (Å²) in [5.74, 6) is -0.439. The molecule has 1 unspecified atom stereocenters. The SMILES string of the molecule is CC(Sc1ncccc1F)C(=O)N(C)C. The molecule has 0 aliphatic heterocycles. The van der Waals surface area contributed by atoms with Gasteiger partial charge in [0.05, 0.1) is 5.25 Å². The summed E-state index contributed by atoms with van der Waals surface area (Å²) in [6.07, 6.45) is 1.51. The van der Waals surface area contributed by atoms with Gasteiger partial charge in [0, 0.05) is 20.3 Å². The average Bonchev–Trinajstić information content (AvgIpc) is 2.20. The van der Waals surface area contributed by atoms with Crippen molar-refractivity contribution < 1.29 is 9.18 Å². The summed E-state index contributed by atoms with van der Waals surface area (Å²) in [6, 6.07) is 2.86. The summed E-state index contributed by atoms with van der Waals surface area (Å²) < 4.78 is 13.2. The fourth-order valence-corrected chi connectivity index (χ4v) is 1.99. The van der Waals surface area contributed by atoms with Gasteiger partial charge >= 0.3 is 0 Å². The largest absolute Gasteiger partial charge is 0.348 e. The van der Waals surface area contributed by atoms with Gasteiger partial charge in [0.1, 0.15) is 5.03 Å². The maximum atomic E-state index is 13.2. The predicted octanol–water partition coefficient (Wildman–Crippen LogP) is 1.79. The molecule has 3 nitrogen and oxygen atoms in total. The van der Waals surface area contributed by atoms with Crippen molar-refractivity contribution in [2.75, 3.05) is 14.1 Å². The van der Waals surface area contributed by atoms with E-state index in [1.165, 1.54) is 23.2 Å². The van der Waals surface area contributed by atoms with Crippen molar-refractivity contribution in [1.29, 1.82) is 0 Å². The number of hydrogen-bond acceptors (Lipinski definition) is 3. The van der Waals surface area contributed by atoms with Crippen LogP contribution >= 0.6 is 11.8 Å². The number of aromatic nitrogens is 1. The van der Waals surface area contributed by atoms with E-state index in [2.05, 4.69) is 4.98 Å². The minimum Gasteiger partial charge on any atom is -0.348 e. The highest BCUT2D eigenvalue weighted by atomic mass is 32.2. The van der Waals surface area contributed by atoms with Gasteiger partial charge in [-0.3, -0.25) is 4.79 Å². The van der Waals surface area contributed by atoms with Crippen LogP contribution in [0.15, 0.2) is 23.4 Å². The summed E-state index contributed by atoms with van der Waals surface area (Å²) in [5, 5.41) is -0.0652. The first kappa shape index (κ1) is 12.0. The second kappa shape index (κ2) is 5.11. The molecule has 0 saturated heterocycles. The molecule has 1 atom stereocenters. The fourth-order valence-electron chi connectivity index (χ4n) is 1.04. The first-order valence-corrected chi connectivity index (χ1v) is 5.38. The summed E-state index contributed by atoms with van der Waals surface area (Å²) in [4.78, 5) is 16.9. The highest BCUT2D eigenvalue weighted by Gasteiger charge is 2.18. The van der Waals surface area contributed by atoms with Crippen molar-refractivity contribution in [2.24, 2.45) is 0 Å². The number of amides is 1. The van der Waals surface area contributed by atoms with E-state index >= 15 is 0 Å². The molecule has 0 saturated carbocycles. The van der Waals surface area contributed by atoms with Gasteiger partial charge in [-0.05, 0) is 19.1 Å². The summed E-state index contributed by atoms with van der Waals surface area (Å²) >= 11 is 1.13. The standard InChI is InChI=1S/C10H13FN2OS/c1-7(10(14)13(2)3)15-9-8(11)5-4-6-12-9/h4-7H,1-3H3. The molecule has 1 amide bonds. The molecule has 0 aliphatic rings. The zero-order valence-electron chi connectivity index (χ0n) is 8.90. The molecule has 1 heterocycles. The van der Waals surface area contributed by atoms with E-state index < -0.39 is 0 Å². The van der Waals surface area contributed by atoms with Gasteiger partial charge in [-0.1, -0.05) is 11.8 Å². The Kier molecular flexibility index (Phi) is 4.08. The van der Waals surface area contributed by atoms with E-state index in [-0.39, 0.29) is 22.0 Å². The predicted molar refractivity (Wildman–Crippen MR) is 58.2 cm³/mol. The summed E-state index contributed by atoms with van der Waals surface area (Å²) in [5.41, 5.74) is 0. The van der Waals surface area contributed by atoms with Crippen LogP contribution in [0, 0.1) is 5.82 Å². The zero-order chi connectivity index (χ0) is 11.4. The van der Waals surface area contributed by atoms with E-state index in [9.17, 15) is 9.18 Å². The number of hydrogen-bond donors (Lipinski definition) is 0. The third-order valence-electron chi connectivity index (χ3n) is 1.80. The van der Waals surface area contributed by atoms with Crippen LogP contribution in [-0.4, -0.2) is 35.1 Å². The van der Waals surface area contributed by atoms with Crippen molar-refractivity contribution in [3.05, 3.63) is 24.1 Å². The number of thioether (sulfide) groups is 1. The Morgan fingerprint density at radius 2 is 2.27 bits per heavy atom. The molecular formula is C10H13FN2OS. The topological polar surface area (TPSA) is 33.2 Å². The molecule has 82 valence electrons. The zero-order valence-corrected chi connectivity index (χ0v) is 9.71. The van der Waals surface area contributed by atoms with Gasteiger partial charge in [0.15, 0.2) is 5.82 Å². The van der Waals surface area contributed by atoms with Crippen LogP contribution < -0.4 is 0 Å². The maximum Gasteiger partial charge on any atom is 0.235 e. The Morgan fingerprint density at radius 1 is 1.60 bits per heavy atom. The van der Waals surface area contributed by atoms with Crippen molar-refractivity contribution >= 4 is 17.7 Å². The number of carbonyl (C=O) groups excluding carboxylic acids is 1. The van der Waals surface area contributed by atoms with E-state index in [1.807, 2.05) is 0 Å².